The van der Waals surface area contributed by atoms with Gasteiger partial charge in [-0.1, -0.05) is 32.4 Å². The Kier molecular flexibility index (Phi) is 5.28. The second kappa shape index (κ2) is 6.77. The largest absolute Gasteiger partial charge is 0.351 e. The van der Waals surface area contributed by atoms with E-state index in [0.717, 1.165) is 22.9 Å². The molecule has 0 spiro atoms. The summed E-state index contributed by atoms with van der Waals surface area (Å²) in [6, 6.07) is 3.79. The average Bonchev–Trinajstić information content (AvgIpc) is 2.79. The molecule has 0 amide bonds. The number of rotatable bonds is 5. The van der Waals surface area contributed by atoms with Gasteiger partial charge >= 0.3 is 0 Å². The Hall–Kier alpha value is -0.800. The van der Waals surface area contributed by atoms with Crippen molar-refractivity contribution in [1.82, 2.24) is 10.3 Å². The lowest BCUT2D eigenvalue weighted by atomic mass is 10.1. The Morgan fingerprint density at radius 2 is 2.20 bits per heavy atom. The number of nitrogens with one attached hydrogen (secondary N) is 1. The number of halogens is 1. The van der Waals surface area contributed by atoms with Crippen LogP contribution in [-0.2, 0) is 6.54 Å². The summed E-state index contributed by atoms with van der Waals surface area (Å²) in [7, 11) is 0. The minimum Gasteiger partial charge on any atom is -0.351 e. The minimum absolute atomic E-state index is 0.455. The highest BCUT2D eigenvalue weighted by atomic mass is 35.5. The van der Waals surface area contributed by atoms with E-state index < -0.39 is 0 Å². The SMILES string of the molecule is CCC1CCC(C)N1c1cc(CNC(C)C)c(Cl)cn1. The molecule has 1 aromatic rings. The number of nitrogens with zero attached hydrogens (tertiary/aromatic N) is 2. The molecule has 2 unspecified atom stereocenters. The fourth-order valence-corrected chi connectivity index (χ4v) is 3.11. The molecule has 2 atom stereocenters. The number of hydrogen-bond donors (Lipinski definition) is 1. The van der Waals surface area contributed by atoms with Crippen molar-refractivity contribution in [3.63, 3.8) is 0 Å². The molecule has 0 radical (unpaired) electrons. The summed E-state index contributed by atoms with van der Waals surface area (Å²) in [5.74, 6) is 1.08. The van der Waals surface area contributed by atoms with Gasteiger partial charge in [-0.25, -0.2) is 4.98 Å². The summed E-state index contributed by atoms with van der Waals surface area (Å²) in [4.78, 5) is 7.03. The molecule has 1 aliphatic rings. The van der Waals surface area contributed by atoms with Gasteiger partial charge in [0, 0.05) is 30.9 Å². The molecule has 1 N–H and O–H groups in total. The maximum absolute atomic E-state index is 6.27. The van der Waals surface area contributed by atoms with Gasteiger partial charge in [-0.3, -0.25) is 0 Å². The van der Waals surface area contributed by atoms with Crippen molar-refractivity contribution in [3.05, 3.63) is 22.8 Å². The highest BCUT2D eigenvalue weighted by molar-refractivity contribution is 6.31. The van der Waals surface area contributed by atoms with E-state index in [-0.39, 0.29) is 0 Å². The van der Waals surface area contributed by atoms with E-state index in [1.54, 1.807) is 6.20 Å². The van der Waals surface area contributed by atoms with Crippen LogP contribution < -0.4 is 10.2 Å². The van der Waals surface area contributed by atoms with E-state index in [1.165, 1.54) is 19.3 Å². The molecule has 0 aromatic carbocycles. The summed E-state index contributed by atoms with van der Waals surface area (Å²) in [6.07, 6.45) is 5.49. The fourth-order valence-electron chi connectivity index (χ4n) is 2.94. The van der Waals surface area contributed by atoms with Gasteiger partial charge in [-0.15, -0.1) is 0 Å². The average molecular weight is 296 g/mol. The van der Waals surface area contributed by atoms with Gasteiger partial charge in [0.25, 0.3) is 0 Å². The maximum Gasteiger partial charge on any atom is 0.129 e. The standard InChI is InChI=1S/C16H26ClN3/c1-5-14-7-6-12(4)20(14)16-8-13(9-18-11(2)3)15(17)10-19-16/h8,10-12,14,18H,5-7,9H2,1-4H3. The third-order valence-corrected chi connectivity index (χ3v) is 4.48. The van der Waals surface area contributed by atoms with Gasteiger partial charge in [0.2, 0.25) is 0 Å². The van der Waals surface area contributed by atoms with Crippen molar-refractivity contribution in [1.29, 1.82) is 0 Å². The molecular weight excluding hydrogens is 270 g/mol. The number of hydrogen-bond acceptors (Lipinski definition) is 3. The normalized spacial score (nSPS) is 22.8. The van der Waals surface area contributed by atoms with Gasteiger partial charge in [-0.05, 0) is 37.8 Å². The van der Waals surface area contributed by atoms with Crippen molar-refractivity contribution in [2.24, 2.45) is 0 Å². The van der Waals surface area contributed by atoms with Crippen LogP contribution in [0.2, 0.25) is 5.02 Å². The predicted molar refractivity (Wildman–Crippen MR) is 86.5 cm³/mol. The van der Waals surface area contributed by atoms with Crippen LogP contribution in [0.5, 0.6) is 0 Å². The topological polar surface area (TPSA) is 28.2 Å². The number of pyridine rings is 1. The maximum atomic E-state index is 6.27. The van der Waals surface area contributed by atoms with Crippen molar-refractivity contribution in [2.45, 2.75) is 71.6 Å². The third kappa shape index (κ3) is 3.44. The van der Waals surface area contributed by atoms with E-state index in [4.69, 9.17) is 11.6 Å². The molecule has 1 saturated heterocycles. The van der Waals surface area contributed by atoms with E-state index in [0.29, 0.717) is 18.1 Å². The third-order valence-electron chi connectivity index (χ3n) is 4.14. The zero-order chi connectivity index (χ0) is 14.7. The van der Waals surface area contributed by atoms with Crippen molar-refractivity contribution in [2.75, 3.05) is 4.90 Å². The van der Waals surface area contributed by atoms with Crippen molar-refractivity contribution >= 4 is 17.4 Å². The summed E-state index contributed by atoms with van der Waals surface area (Å²) >= 11 is 6.27. The number of aromatic nitrogens is 1. The molecule has 1 fully saturated rings. The first kappa shape index (κ1) is 15.6. The predicted octanol–water partition coefficient (Wildman–Crippen LogP) is 4.00. The first-order valence-electron chi connectivity index (χ1n) is 7.69. The smallest absolute Gasteiger partial charge is 0.129 e. The van der Waals surface area contributed by atoms with Crippen molar-refractivity contribution < 1.29 is 0 Å². The van der Waals surface area contributed by atoms with Crippen LogP contribution in [-0.4, -0.2) is 23.1 Å². The van der Waals surface area contributed by atoms with Gasteiger partial charge < -0.3 is 10.2 Å². The fraction of sp³-hybridized carbons (Fsp3) is 0.688. The van der Waals surface area contributed by atoms with E-state index in [1.807, 2.05) is 0 Å². The number of anilines is 1. The molecule has 2 rings (SSSR count). The van der Waals surface area contributed by atoms with Crippen LogP contribution in [0, 0.1) is 0 Å². The zero-order valence-corrected chi connectivity index (χ0v) is 13.7. The Morgan fingerprint density at radius 3 is 2.85 bits per heavy atom. The molecule has 3 nitrogen and oxygen atoms in total. The van der Waals surface area contributed by atoms with Gasteiger partial charge in [0.15, 0.2) is 0 Å². The summed E-state index contributed by atoms with van der Waals surface area (Å²) in [5.41, 5.74) is 1.14. The lowest BCUT2D eigenvalue weighted by Gasteiger charge is -2.29. The van der Waals surface area contributed by atoms with Crippen LogP contribution in [0.25, 0.3) is 0 Å². The lowest BCUT2D eigenvalue weighted by molar-refractivity contribution is 0.587. The van der Waals surface area contributed by atoms with Crippen LogP contribution in [0.15, 0.2) is 12.3 Å². The molecule has 0 aliphatic carbocycles. The molecule has 0 bridgehead atoms. The molecule has 0 saturated carbocycles. The minimum atomic E-state index is 0.455. The Balaban J connectivity index is 2.21. The molecule has 20 heavy (non-hydrogen) atoms. The van der Waals surface area contributed by atoms with Gasteiger partial charge in [-0.2, -0.15) is 0 Å². The van der Waals surface area contributed by atoms with Crippen LogP contribution in [0.1, 0.15) is 52.5 Å². The Labute approximate surface area is 127 Å². The summed E-state index contributed by atoms with van der Waals surface area (Å²) in [5, 5.41) is 4.18. The Morgan fingerprint density at radius 1 is 1.45 bits per heavy atom. The second-order valence-corrected chi connectivity index (χ2v) is 6.47. The quantitative estimate of drug-likeness (QED) is 0.890. The monoisotopic (exact) mass is 295 g/mol. The van der Waals surface area contributed by atoms with E-state index in [9.17, 15) is 0 Å². The van der Waals surface area contributed by atoms with Crippen LogP contribution in [0.4, 0.5) is 5.82 Å². The highest BCUT2D eigenvalue weighted by Crippen LogP contribution is 2.32. The molecular formula is C16H26ClN3. The molecule has 1 aromatic heterocycles. The first-order chi connectivity index (χ1) is 9.52. The second-order valence-electron chi connectivity index (χ2n) is 6.07. The van der Waals surface area contributed by atoms with E-state index in [2.05, 4.69) is 49.0 Å². The van der Waals surface area contributed by atoms with E-state index >= 15 is 0 Å². The molecule has 4 heteroatoms. The van der Waals surface area contributed by atoms with Crippen LogP contribution in [0.3, 0.4) is 0 Å². The summed E-state index contributed by atoms with van der Waals surface area (Å²) < 4.78 is 0. The highest BCUT2D eigenvalue weighted by Gasteiger charge is 2.30. The molecule has 2 heterocycles. The van der Waals surface area contributed by atoms with Crippen LogP contribution >= 0.6 is 11.6 Å². The lowest BCUT2D eigenvalue weighted by Crippen LogP contribution is -2.35. The molecule has 1 aliphatic heterocycles. The van der Waals surface area contributed by atoms with Gasteiger partial charge in [0.05, 0.1) is 5.02 Å². The Bertz CT molecular complexity index is 447. The molecule has 112 valence electrons. The van der Waals surface area contributed by atoms with Gasteiger partial charge in [0.1, 0.15) is 5.82 Å². The first-order valence-corrected chi connectivity index (χ1v) is 8.06. The summed E-state index contributed by atoms with van der Waals surface area (Å²) in [6.45, 7) is 9.63. The zero-order valence-electron chi connectivity index (χ0n) is 13.0. The van der Waals surface area contributed by atoms with Crippen molar-refractivity contribution in [3.8, 4) is 0 Å².